The number of para-hydroxylation sites is 2. The number of rotatable bonds is 7. The lowest BCUT2D eigenvalue weighted by molar-refractivity contribution is -0.144. The van der Waals surface area contributed by atoms with E-state index >= 15 is 0 Å². The summed E-state index contributed by atoms with van der Waals surface area (Å²) in [6.07, 6.45) is -0.134. The van der Waals surface area contributed by atoms with Gasteiger partial charge in [0.25, 0.3) is 0 Å². The maximum Gasteiger partial charge on any atom is 0.340 e. The molecule has 1 aromatic rings. The molecule has 0 aliphatic heterocycles. The van der Waals surface area contributed by atoms with E-state index in [4.69, 9.17) is 9.47 Å². The van der Waals surface area contributed by atoms with Crippen molar-refractivity contribution in [2.45, 2.75) is 20.1 Å². The summed E-state index contributed by atoms with van der Waals surface area (Å²) in [7, 11) is 0. The zero-order chi connectivity index (χ0) is 15.0. The number of nitrogens with one attached hydrogen (secondary N) is 1. The highest BCUT2D eigenvalue weighted by atomic mass is 16.6. The number of esters is 1. The van der Waals surface area contributed by atoms with E-state index in [0.717, 1.165) is 0 Å². The van der Waals surface area contributed by atoms with E-state index in [2.05, 4.69) is 5.32 Å². The molecule has 0 saturated carbocycles. The number of benzene rings is 1. The normalized spacial score (nSPS) is 12.8. The van der Waals surface area contributed by atoms with Crippen LogP contribution in [-0.2, 0) is 14.3 Å². The molecule has 1 aromatic carbocycles. The number of hydrogen-bond donors (Lipinski definition) is 3. The average Bonchev–Trinajstić information content (AvgIpc) is 2.41. The number of phenols is 1. The Kier molecular flexibility index (Phi) is 6.55. The summed E-state index contributed by atoms with van der Waals surface area (Å²) in [5.74, 6) is -0.658. The first-order valence-corrected chi connectivity index (χ1v) is 6.31. The van der Waals surface area contributed by atoms with Crippen molar-refractivity contribution in [3.63, 3.8) is 0 Å². The highest BCUT2D eigenvalue weighted by Crippen LogP contribution is 2.22. The smallest absolute Gasteiger partial charge is 0.340 e. The number of carbonyl (C=O) groups excluding carboxylic acids is 1. The third-order valence-corrected chi connectivity index (χ3v) is 2.39. The Morgan fingerprint density at radius 2 is 2.05 bits per heavy atom. The molecule has 0 aliphatic carbocycles. The molecule has 6 heteroatoms. The quantitative estimate of drug-likeness (QED) is 0.304. The second-order valence-corrected chi connectivity index (χ2v) is 3.79. The predicted octanol–water partition coefficient (Wildman–Crippen LogP) is 1.61. The fourth-order valence-corrected chi connectivity index (χ4v) is 1.44. The molecule has 0 radical (unpaired) electrons. The van der Waals surface area contributed by atoms with Crippen LogP contribution in [-0.4, -0.2) is 35.7 Å². The standard InChI is InChI=1S/C14H19NO5/c1-3-19-13(17)10(14(18)20-4-2)9-15-11-7-5-6-8-12(11)16/h5-9,13,15-17H,3-4H2,1-2H3/b10-9+. The number of aromatic hydroxyl groups is 1. The number of ether oxygens (including phenoxy) is 2. The van der Waals surface area contributed by atoms with E-state index in [1.807, 2.05) is 0 Å². The molecule has 3 N–H and O–H groups in total. The third kappa shape index (κ3) is 4.56. The molecule has 1 atom stereocenters. The Morgan fingerprint density at radius 3 is 2.65 bits per heavy atom. The second kappa shape index (κ2) is 8.19. The first-order valence-electron chi connectivity index (χ1n) is 6.31. The molecule has 0 aliphatic rings. The van der Waals surface area contributed by atoms with Crippen molar-refractivity contribution in [2.75, 3.05) is 18.5 Å². The number of aliphatic hydroxyl groups excluding tert-OH is 1. The van der Waals surface area contributed by atoms with Crippen LogP contribution in [0, 0.1) is 0 Å². The van der Waals surface area contributed by atoms with E-state index in [0.29, 0.717) is 5.69 Å². The van der Waals surface area contributed by atoms with Gasteiger partial charge in [-0.3, -0.25) is 0 Å². The zero-order valence-corrected chi connectivity index (χ0v) is 11.5. The Labute approximate surface area is 117 Å². The summed E-state index contributed by atoms with van der Waals surface area (Å²) >= 11 is 0. The molecular formula is C14H19NO5. The molecule has 0 spiro atoms. The summed E-state index contributed by atoms with van der Waals surface area (Å²) < 4.78 is 9.81. The highest BCUT2D eigenvalue weighted by molar-refractivity contribution is 5.89. The number of hydrogen-bond acceptors (Lipinski definition) is 6. The first-order chi connectivity index (χ1) is 9.60. The van der Waals surface area contributed by atoms with Gasteiger partial charge in [-0.05, 0) is 26.0 Å². The minimum atomic E-state index is -1.39. The van der Waals surface area contributed by atoms with E-state index in [-0.39, 0.29) is 24.5 Å². The predicted molar refractivity (Wildman–Crippen MR) is 74.1 cm³/mol. The molecule has 6 nitrogen and oxygen atoms in total. The lowest BCUT2D eigenvalue weighted by Gasteiger charge is -2.14. The van der Waals surface area contributed by atoms with Crippen molar-refractivity contribution < 1.29 is 24.5 Å². The highest BCUT2D eigenvalue weighted by Gasteiger charge is 2.20. The summed E-state index contributed by atoms with van der Waals surface area (Å²) in [6, 6.07) is 6.52. The van der Waals surface area contributed by atoms with Gasteiger partial charge in [-0.25, -0.2) is 4.79 Å². The van der Waals surface area contributed by atoms with Crippen LogP contribution in [0.5, 0.6) is 5.75 Å². The van der Waals surface area contributed by atoms with Crippen LogP contribution in [0.3, 0.4) is 0 Å². The summed E-state index contributed by atoms with van der Waals surface area (Å²) in [6.45, 7) is 3.79. The van der Waals surface area contributed by atoms with Crippen LogP contribution in [0.2, 0.25) is 0 Å². The lowest BCUT2D eigenvalue weighted by Crippen LogP contribution is -2.24. The van der Waals surface area contributed by atoms with Gasteiger partial charge >= 0.3 is 5.97 Å². The number of aliphatic hydroxyl groups is 1. The fraction of sp³-hybridized carbons (Fsp3) is 0.357. The van der Waals surface area contributed by atoms with Gasteiger partial charge in [0, 0.05) is 12.8 Å². The van der Waals surface area contributed by atoms with Gasteiger partial charge < -0.3 is 25.0 Å². The van der Waals surface area contributed by atoms with Crippen LogP contribution in [0.25, 0.3) is 0 Å². The molecule has 0 saturated heterocycles. The maximum absolute atomic E-state index is 11.7. The molecule has 0 aromatic heterocycles. The van der Waals surface area contributed by atoms with E-state index in [9.17, 15) is 15.0 Å². The molecular weight excluding hydrogens is 262 g/mol. The van der Waals surface area contributed by atoms with Crippen molar-refractivity contribution >= 4 is 11.7 Å². The van der Waals surface area contributed by atoms with Gasteiger partial charge in [-0.2, -0.15) is 0 Å². The van der Waals surface area contributed by atoms with E-state index in [1.54, 1.807) is 32.0 Å². The SMILES string of the molecule is CCOC(=O)/C(=C/Nc1ccccc1O)C(O)OCC. The van der Waals surface area contributed by atoms with Gasteiger partial charge in [-0.15, -0.1) is 0 Å². The second-order valence-electron chi connectivity index (χ2n) is 3.79. The molecule has 0 fully saturated rings. The summed E-state index contributed by atoms with van der Waals surface area (Å²) in [5.41, 5.74) is 0.329. The minimum Gasteiger partial charge on any atom is -0.506 e. The van der Waals surface area contributed by atoms with Crippen molar-refractivity contribution in [3.05, 3.63) is 36.0 Å². The van der Waals surface area contributed by atoms with Gasteiger partial charge in [0.05, 0.1) is 12.3 Å². The van der Waals surface area contributed by atoms with Crippen molar-refractivity contribution in [1.82, 2.24) is 0 Å². The molecule has 0 heterocycles. The molecule has 0 amide bonds. The molecule has 1 unspecified atom stereocenters. The van der Waals surface area contributed by atoms with Crippen LogP contribution in [0.1, 0.15) is 13.8 Å². The van der Waals surface area contributed by atoms with Gasteiger partial charge in [0.1, 0.15) is 11.3 Å². The Balaban J connectivity index is 2.89. The van der Waals surface area contributed by atoms with E-state index < -0.39 is 12.3 Å². The zero-order valence-electron chi connectivity index (χ0n) is 11.5. The van der Waals surface area contributed by atoms with Gasteiger partial charge in [0.15, 0.2) is 6.29 Å². The van der Waals surface area contributed by atoms with Gasteiger partial charge in [-0.1, -0.05) is 12.1 Å². The maximum atomic E-state index is 11.7. The fourth-order valence-electron chi connectivity index (χ4n) is 1.44. The number of carbonyl (C=O) groups is 1. The van der Waals surface area contributed by atoms with Crippen LogP contribution in [0.4, 0.5) is 5.69 Å². The number of anilines is 1. The van der Waals surface area contributed by atoms with Crippen LogP contribution >= 0.6 is 0 Å². The molecule has 0 bridgehead atoms. The molecule has 110 valence electrons. The Hall–Kier alpha value is -2.05. The van der Waals surface area contributed by atoms with Crippen LogP contribution in [0.15, 0.2) is 36.0 Å². The Bertz CT molecular complexity index is 472. The first kappa shape index (κ1) is 16.0. The van der Waals surface area contributed by atoms with Crippen molar-refractivity contribution in [1.29, 1.82) is 0 Å². The summed E-state index contributed by atoms with van der Waals surface area (Å²) in [5, 5.41) is 22.1. The van der Waals surface area contributed by atoms with Crippen LogP contribution < -0.4 is 5.32 Å². The monoisotopic (exact) mass is 281 g/mol. The molecule has 20 heavy (non-hydrogen) atoms. The van der Waals surface area contributed by atoms with Gasteiger partial charge in [0.2, 0.25) is 0 Å². The molecule has 1 rings (SSSR count). The van der Waals surface area contributed by atoms with E-state index in [1.165, 1.54) is 12.3 Å². The number of phenolic OH excluding ortho intramolecular Hbond substituents is 1. The van der Waals surface area contributed by atoms with Crippen molar-refractivity contribution in [3.8, 4) is 5.75 Å². The topological polar surface area (TPSA) is 88.0 Å². The average molecular weight is 281 g/mol. The largest absolute Gasteiger partial charge is 0.506 e. The lowest BCUT2D eigenvalue weighted by atomic mass is 10.2. The third-order valence-electron chi connectivity index (χ3n) is 2.39. The minimum absolute atomic E-state index is 0.0258. The summed E-state index contributed by atoms with van der Waals surface area (Å²) in [4.78, 5) is 11.7. The Morgan fingerprint density at radius 1 is 1.35 bits per heavy atom. The van der Waals surface area contributed by atoms with Crippen molar-refractivity contribution in [2.24, 2.45) is 0 Å².